The van der Waals surface area contributed by atoms with Crippen LogP contribution in [0.1, 0.15) is 19.4 Å². The summed E-state index contributed by atoms with van der Waals surface area (Å²) in [5.41, 5.74) is 1.16. The molecule has 0 unspecified atom stereocenters. The normalized spacial score (nSPS) is 12.0. The smallest absolute Gasteiger partial charge is 0.241 e. The summed E-state index contributed by atoms with van der Waals surface area (Å²) in [4.78, 5) is 23.4. The second-order valence-corrected chi connectivity index (χ2v) is 8.13. The number of hydrogen-bond acceptors (Lipinski definition) is 6. The number of rotatable bonds is 9. The molecule has 3 N–H and O–H groups in total. The maximum absolute atomic E-state index is 12.5. The zero-order chi connectivity index (χ0) is 22.3. The van der Waals surface area contributed by atoms with E-state index in [1.807, 2.05) is 0 Å². The Kier molecular flexibility index (Phi) is 7.79. The van der Waals surface area contributed by atoms with Crippen LogP contribution in [0.4, 0.5) is 5.69 Å². The third-order valence-corrected chi connectivity index (χ3v) is 5.70. The molecule has 0 fully saturated rings. The highest BCUT2D eigenvalue weighted by atomic mass is 32.2. The van der Waals surface area contributed by atoms with Gasteiger partial charge >= 0.3 is 0 Å². The molecule has 0 heterocycles. The van der Waals surface area contributed by atoms with Crippen LogP contribution in [0.3, 0.4) is 0 Å². The van der Waals surface area contributed by atoms with Gasteiger partial charge in [0.05, 0.1) is 25.2 Å². The van der Waals surface area contributed by atoms with Gasteiger partial charge in [-0.15, -0.1) is 0 Å². The highest BCUT2D eigenvalue weighted by Gasteiger charge is 2.22. The minimum atomic E-state index is -3.92. The molecule has 0 saturated heterocycles. The minimum absolute atomic E-state index is 0.0225. The molecule has 30 heavy (non-hydrogen) atoms. The first-order valence-electron chi connectivity index (χ1n) is 9.05. The van der Waals surface area contributed by atoms with Gasteiger partial charge in [-0.1, -0.05) is 12.1 Å². The number of methoxy groups -OCH3 is 2. The summed E-state index contributed by atoms with van der Waals surface area (Å²) in [6.07, 6.45) is 0. The molecule has 0 aliphatic carbocycles. The van der Waals surface area contributed by atoms with E-state index in [2.05, 4.69) is 15.4 Å². The van der Waals surface area contributed by atoms with Crippen molar-refractivity contribution in [3.05, 3.63) is 48.0 Å². The Balaban J connectivity index is 2.02. The van der Waals surface area contributed by atoms with Crippen LogP contribution in [0.5, 0.6) is 11.5 Å². The molecule has 9 nitrogen and oxygen atoms in total. The Morgan fingerprint density at radius 1 is 1.03 bits per heavy atom. The number of carbonyl (C=O) groups is 2. The second-order valence-electron chi connectivity index (χ2n) is 6.42. The van der Waals surface area contributed by atoms with E-state index >= 15 is 0 Å². The van der Waals surface area contributed by atoms with Crippen LogP contribution in [0, 0.1) is 0 Å². The zero-order valence-electron chi connectivity index (χ0n) is 17.2. The largest absolute Gasteiger partial charge is 0.493 e. The van der Waals surface area contributed by atoms with E-state index in [1.54, 1.807) is 18.2 Å². The molecule has 0 spiro atoms. The van der Waals surface area contributed by atoms with E-state index in [9.17, 15) is 18.0 Å². The van der Waals surface area contributed by atoms with Crippen molar-refractivity contribution in [2.24, 2.45) is 0 Å². The lowest BCUT2D eigenvalue weighted by Gasteiger charge is -2.16. The quantitative estimate of drug-likeness (QED) is 0.550. The van der Waals surface area contributed by atoms with Gasteiger partial charge in [-0.2, -0.15) is 4.72 Å². The maximum atomic E-state index is 12.5. The van der Waals surface area contributed by atoms with Gasteiger partial charge in [-0.25, -0.2) is 8.42 Å². The topological polar surface area (TPSA) is 123 Å². The first kappa shape index (κ1) is 23.2. The van der Waals surface area contributed by atoms with Crippen molar-refractivity contribution < 1.29 is 27.5 Å². The summed E-state index contributed by atoms with van der Waals surface area (Å²) in [6.45, 7) is 2.94. The standard InChI is InChI=1S/C20H25N3O6S/c1-13(20(25)21-12-15-6-5-7-18(28-3)19(15)29-4)23-30(26,27)17-10-8-16(9-11-17)22-14(2)24/h5-11,13,23H,12H2,1-4H3,(H,21,25)(H,22,24)/t13-/m0/s1. The Morgan fingerprint density at radius 3 is 2.27 bits per heavy atom. The van der Waals surface area contributed by atoms with E-state index < -0.39 is 22.0 Å². The lowest BCUT2D eigenvalue weighted by atomic mass is 10.1. The van der Waals surface area contributed by atoms with Crippen LogP contribution in [-0.4, -0.2) is 40.5 Å². The molecule has 2 rings (SSSR count). The fraction of sp³-hybridized carbons (Fsp3) is 0.300. The predicted octanol–water partition coefficient (Wildman–Crippen LogP) is 1.65. The van der Waals surface area contributed by atoms with Gasteiger partial charge in [-0.3, -0.25) is 9.59 Å². The van der Waals surface area contributed by atoms with Crippen molar-refractivity contribution in [1.82, 2.24) is 10.0 Å². The fourth-order valence-electron chi connectivity index (χ4n) is 2.70. The maximum Gasteiger partial charge on any atom is 0.241 e. The Hall–Kier alpha value is -3.11. The van der Waals surface area contributed by atoms with Crippen LogP contribution < -0.4 is 24.8 Å². The predicted molar refractivity (Wildman–Crippen MR) is 112 cm³/mol. The fourth-order valence-corrected chi connectivity index (χ4v) is 3.91. The molecule has 2 aromatic carbocycles. The Labute approximate surface area is 175 Å². The lowest BCUT2D eigenvalue weighted by molar-refractivity contribution is -0.122. The summed E-state index contributed by atoms with van der Waals surface area (Å²) in [6, 6.07) is 9.89. The summed E-state index contributed by atoms with van der Waals surface area (Å²) >= 11 is 0. The number of sulfonamides is 1. The molecule has 0 bridgehead atoms. The van der Waals surface area contributed by atoms with Crippen molar-refractivity contribution in [3.63, 3.8) is 0 Å². The monoisotopic (exact) mass is 435 g/mol. The SMILES string of the molecule is COc1cccc(CNC(=O)[C@H](C)NS(=O)(=O)c2ccc(NC(C)=O)cc2)c1OC. The van der Waals surface area contributed by atoms with Gasteiger partial charge in [0.1, 0.15) is 0 Å². The molecular formula is C20H25N3O6S. The number of carbonyl (C=O) groups excluding carboxylic acids is 2. The highest BCUT2D eigenvalue weighted by molar-refractivity contribution is 7.89. The highest BCUT2D eigenvalue weighted by Crippen LogP contribution is 2.30. The third-order valence-electron chi connectivity index (χ3n) is 4.15. The molecule has 0 aliphatic heterocycles. The molecule has 0 aromatic heterocycles. The van der Waals surface area contributed by atoms with Gasteiger partial charge < -0.3 is 20.1 Å². The van der Waals surface area contributed by atoms with Crippen molar-refractivity contribution >= 4 is 27.5 Å². The number of nitrogens with one attached hydrogen (secondary N) is 3. The average Bonchev–Trinajstić information content (AvgIpc) is 2.71. The lowest BCUT2D eigenvalue weighted by Crippen LogP contribution is -2.44. The summed E-state index contributed by atoms with van der Waals surface area (Å²) in [5.74, 6) is 0.258. The van der Waals surface area contributed by atoms with Crippen molar-refractivity contribution in [1.29, 1.82) is 0 Å². The van der Waals surface area contributed by atoms with Crippen LogP contribution in [0.25, 0.3) is 0 Å². The van der Waals surface area contributed by atoms with Crippen LogP contribution in [0.2, 0.25) is 0 Å². The molecule has 0 saturated carbocycles. The number of amides is 2. The number of anilines is 1. The first-order chi connectivity index (χ1) is 14.2. The van der Waals surface area contributed by atoms with Crippen LogP contribution >= 0.6 is 0 Å². The molecule has 1 atom stereocenters. The van der Waals surface area contributed by atoms with E-state index in [4.69, 9.17) is 9.47 Å². The Morgan fingerprint density at radius 2 is 1.70 bits per heavy atom. The summed E-state index contributed by atoms with van der Waals surface area (Å²) in [7, 11) is -0.914. The average molecular weight is 436 g/mol. The number of para-hydroxylation sites is 1. The van der Waals surface area contributed by atoms with Gasteiger partial charge in [-0.05, 0) is 37.3 Å². The molecule has 2 amide bonds. The molecule has 0 radical (unpaired) electrons. The second kappa shape index (κ2) is 10.1. The molecule has 2 aromatic rings. The van der Waals surface area contributed by atoms with Crippen LogP contribution in [0.15, 0.2) is 47.4 Å². The van der Waals surface area contributed by atoms with Gasteiger partial charge in [0.25, 0.3) is 0 Å². The number of hydrogen-bond donors (Lipinski definition) is 3. The number of benzene rings is 2. The van der Waals surface area contributed by atoms with E-state index in [0.717, 1.165) is 0 Å². The molecule has 0 aliphatic rings. The van der Waals surface area contributed by atoms with Gasteiger partial charge in [0, 0.05) is 24.7 Å². The molecular weight excluding hydrogens is 410 g/mol. The third kappa shape index (κ3) is 5.94. The van der Waals surface area contributed by atoms with Crippen LogP contribution in [-0.2, 0) is 26.2 Å². The van der Waals surface area contributed by atoms with E-state index in [-0.39, 0.29) is 17.3 Å². The summed E-state index contributed by atoms with van der Waals surface area (Å²) in [5, 5.41) is 5.24. The molecule has 10 heteroatoms. The van der Waals surface area contributed by atoms with Gasteiger partial charge in [0.2, 0.25) is 21.8 Å². The first-order valence-corrected chi connectivity index (χ1v) is 10.5. The van der Waals surface area contributed by atoms with Crippen molar-refractivity contribution in [3.8, 4) is 11.5 Å². The Bertz CT molecular complexity index is 1010. The molecule has 162 valence electrons. The summed E-state index contributed by atoms with van der Waals surface area (Å²) < 4.78 is 37.9. The minimum Gasteiger partial charge on any atom is -0.493 e. The van der Waals surface area contributed by atoms with Gasteiger partial charge in [0.15, 0.2) is 11.5 Å². The van der Waals surface area contributed by atoms with E-state index in [0.29, 0.717) is 22.7 Å². The van der Waals surface area contributed by atoms with Crippen molar-refractivity contribution in [2.45, 2.75) is 31.3 Å². The van der Waals surface area contributed by atoms with Crippen molar-refractivity contribution in [2.75, 3.05) is 19.5 Å². The zero-order valence-corrected chi connectivity index (χ0v) is 18.0. The number of ether oxygens (including phenoxy) is 2. The van der Waals surface area contributed by atoms with E-state index in [1.165, 1.54) is 52.3 Å².